The highest BCUT2D eigenvalue weighted by Gasteiger charge is 2.40. The third kappa shape index (κ3) is 5.82. The van der Waals surface area contributed by atoms with E-state index >= 15 is 0 Å². The van der Waals surface area contributed by atoms with Crippen molar-refractivity contribution in [2.75, 3.05) is 11.9 Å². The molecule has 4 rings (SSSR count). The lowest BCUT2D eigenvalue weighted by molar-refractivity contribution is 0.0111. The minimum atomic E-state index is -3.99. The van der Waals surface area contributed by atoms with E-state index in [0.29, 0.717) is 13.0 Å². The highest BCUT2D eigenvalue weighted by atomic mass is 32.2. The van der Waals surface area contributed by atoms with Gasteiger partial charge in [0, 0.05) is 23.2 Å². The minimum absolute atomic E-state index is 0.342. The number of ether oxygens (including phenoxy) is 1. The number of amides is 3. The van der Waals surface area contributed by atoms with Crippen LogP contribution in [-0.4, -0.2) is 43.1 Å². The number of hydrogen-bond donors (Lipinski definition) is 2. The number of anilines is 1. The fourth-order valence-corrected chi connectivity index (χ4v) is 6.29. The zero-order chi connectivity index (χ0) is 25.4. The number of fused-ring (bicyclic) bond motifs is 2. The Morgan fingerprint density at radius 3 is 2.31 bits per heavy atom. The molecule has 1 saturated heterocycles. The number of urea groups is 1. The van der Waals surface area contributed by atoms with Crippen LogP contribution < -0.4 is 10.0 Å². The van der Waals surface area contributed by atoms with Crippen molar-refractivity contribution in [3.05, 3.63) is 39.8 Å². The zero-order valence-corrected chi connectivity index (χ0v) is 22.0. The second-order valence-electron chi connectivity index (χ2n) is 11.1. The van der Waals surface area contributed by atoms with Gasteiger partial charge < -0.3 is 15.0 Å². The molecule has 0 bridgehead atoms. The maximum Gasteiger partial charge on any atom is 0.410 e. The largest absolute Gasteiger partial charge is 0.444 e. The minimum Gasteiger partial charge on any atom is -0.444 e. The molecule has 192 valence electrons. The number of sulfonamides is 1. The molecule has 3 amide bonds. The van der Waals surface area contributed by atoms with Crippen LogP contribution in [0.1, 0.15) is 82.1 Å². The summed E-state index contributed by atoms with van der Waals surface area (Å²) in [5.74, 6) is 0. The summed E-state index contributed by atoms with van der Waals surface area (Å²) < 4.78 is 32.9. The number of aryl methyl sites for hydroxylation is 2. The molecule has 8 nitrogen and oxygen atoms in total. The molecular weight excluding hydrogens is 466 g/mol. The molecule has 0 spiro atoms. The summed E-state index contributed by atoms with van der Waals surface area (Å²) in [5.41, 5.74) is 4.48. The van der Waals surface area contributed by atoms with E-state index in [4.69, 9.17) is 4.74 Å². The monoisotopic (exact) mass is 503 g/mol. The molecule has 1 aliphatic heterocycles. The van der Waals surface area contributed by atoms with Crippen molar-refractivity contribution < 1.29 is 22.7 Å². The zero-order valence-electron chi connectivity index (χ0n) is 21.2. The first kappa shape index (κ1) is 25.5. The van der Waals surface area contributed by atoms with Gasteiger partial charge in [-0.25, -0.2) is 22.7 Å². The van der Waals surface area contributed by atoms with Gasteiger partial charge in [-0.1, -0.05) is 12.1 Å². The fraction of sp³-hybridized carbons (Fsp3) is 0.615. The van der Waals surface area contributed by atoms with Gasteiger partial charge in [-0.3, -0.25) is 0 Å². The maximum absolute atomic E-state index is 12.7. The van der Waals surface area contributed by atoms with E-state index in [1.165, 1.54) is 17.2 Å². The summed E-state index contributed by atoms with van der Waals surface area (Å²) in [5, 5.41) is 3.87. The number of carbonyl (C=O) groups is 2. The summed E-state index contributed by atoms with van der Waals surface area (Å²) in [6.45, 7) is 7.95. The van der Waals surface area contributed by atoms with Gasteiger partial charge >= 0.3 is 12.1 Å². The summed E-state index contributed by atoms with van der Waals surface area (Å²) in [6.07, 6.45) is 8.92. The van der Waals surface area contributed by atoms with Crippen molar-refractivity contribution in [1.82, 2.24) is 9.62 Å². The van der Waals surface area contributed by atoms with Gasteiger partial charge in [0.1, 0.15) is 5.60 Å². The van der Waals surface area contributed by atoms with E-state index in [1.54, 1.807) is 4.90 Å². The molecule has 9 heteroatoms. The first-order valence-corrected chi connectivity index (χ1v) is 14.1. The summed E-state index contributed by atoms with van der Waals surface area (Å²) >= 11 is 0. The molecular formula is C26H37N3O5S. The molecule has 1 atom stereocenters. The van der Waals surface area contributed by atoms with E-state index in [-0.39, 0.29) is 0 Å². The van der Waals surface area contributed by atoms with Gasteiger partial charge in [0.25, 0.3) is 10.0 Å². The van der Waals surface area contributed by atoms with Gasteiger partial charge in [0.05, 0.1) is 0 Å². The molecule has 2 aliphatic carbocycles. The van der Waals surface area contributed by atoms with Crippen molar-refractivity contribution in [2.24, 2.45) is 0 Å². The number of hydrogen-bond acceptors (Lipinski definition) is 5. The van der Waals surface area contributed by atoms with E-state index in [0.717, 1.165) is 73.6 Å². The molecule has 1 aromatic rings. The molecule has 1 heterocycles. The molecule has 1 unspecified atom stereocenters. The Morgan fingerprint density at radius 1 is 1.09 bits per heavy atom. The number of nitrogens with one attached hydrogen (secondary N) is 2. The smallest absolute Gasteiger partial charge is 0.410 e. The van der Waals surface area contributed by atoms with Crippen LogP contribution in [0.2, 0.25) is 0 Å². The Kier molecular flexibility index (Phi) is 6.92. The van der Waals surface area contributed by atoms with E-state index in [9.17, 15) is 18.0 Å². The average molecular weight is 504 g/mol. The van der Waals surface area contributed by atoms with Crippen LogP contribution in [0.4, 0.5) is 15.3 Å². The van der Waals surface area contributed by atoms with Gasteiger partial charge in [-0.2, -0.15) is 0 Å². The number of rotatable bonds is 5. The standard InChI is InChI=1S/C26H37N3O5S/c1-25(2,3)34-24(31)29-15-7-13-26(29,4)14-8-16-35(32,33)28-23(30)27-22-20-11-5-9-18(20)17-19-10-6-12-21(19)22/h8,16-17H,5-7,9-15H2,1-4H3,(H2,27,28,30). The molecule has 1 fully saturated rings. The topological polar surface area (TPSA) is 105 Å². The molecule has 1 aromatic carbocycles. The second kappa shape index (κ2) is 9.48. The lowest BCUT2D eigenvalue weighted by Gasteiger charge is -2.35. The Balaban J connectivity index is 1.39. The SMILES string of the molecule is CC(C)(C)OC(=O)N1CCCC1(C)CC=CS(=O)(=O)NC(=O)Nc1c2c(cc3c1CCC3)CCC2. The molecule has 35 heavy (non-hydrogen) atoms. The van der Waals surface area contributed by atoms with Crippen molar-refractivity contribution in [3.8, 4) is 0 Å². The van der Waals surface area contributed by atoms with Crippen LogP contribution in [0.15, 0.2) is 17.6 Å². The van der Waals surface area contributed by atoms with Crippen LogP contribution >= 0.6 is 0 Å². The van der Waals surface area contributed by atoms with Crippen LogP contribution in [0.25, 0.3) is 0 Å². The highest BCUT2D eigenvalue weighted by molar-refractivity contribution is 7.92. The molecule has 2 N–H and O–H groups in total. The number of carbonyl (C=O) groups excluding carboxylic acids is 2. The van der Waals surface area contributed by atoms with Crippen LogP contribution in [-0.2, 0) is 40.4 Å². The Bertz CT molecular complexity index is 1120. The van der Waals surface area contributed by atoms with Crippen molar-refractivity contribution in [3.63, 3.8) is 0 Å². The number of nitrogens with zero attached hydrogens (tertiary/aromatic N) is 1. The van der Waals surface area contributed by atoms with E-state index < -0.39 is 33.3 Å². The van der Waals surface area contributed by atoms with Crippen LogP contribution in [0.3, 0.4) is 0 Å². The van der Waals surface area contributed by atoms with Gasteiger partial charge in [-0.15, -0.1) is 0 Å². The Labute approximate surface area is 208 Å². The van der Waals surface area contributed by atoms with Gasteiger partial charge in [-0.05, 0) is 108 Å². The molecule has 0 saturated carbocycles. The van der Waals surface area contributed by atoms with Gasteiger partial charge in [0.2, 0.25) is 0 Å². The predicted octanol–water partition coefficient (Wildman–Crippen LogP) is 4.81. The quantitative estimate of drug-likeness (QED) is 0.600. The summed E-state index contributed by atoms with van der Waals surface area (Å²) in [6, 6.07) is 1.52. The molecule has 3 aliphatic rings. The predicted molar refractivity (Wildman–Crippen MR) is 136 cm³/mol. The highest BCUT2D eigenvalue weighted by Crippen LogP contribution is 2.38. The van der Waals surface area contributed by atoms with E-state index in [1.807, 2.05) is 27.7 Å². The van der Waals surface area contributed by atoms with Crippen molar-refractivity contribution >= 4 is 27.8 Å². The van der Waals surface area contributed by atoms with Crippen LogP contribution in [0, 0.1) is 0 Å². The Morgan fingerprint density at radius 2 is 1.71 bits per heavy atom. The summed E-state index contributed by atoms with van der Waals surface area (Å²) in [4.78, 5) is 27.0. The average Bonchev–Trinajstić information content (AvgIpc) is 3.45. The number of benzene rings is 1. The Hall–Kier alpha value is -2.55. The maximum atomic E-state index is 12.7. The first-order valence-electron chi connectivity index (χ1n) is 12.5. The lowest BCUT2D eigenvalue weighted by Crippen LogP contribution is -2.47. The third-order valence-corrected chi connectivity index (χ3v) is 8.16. The van der Waals surface area contributed by atoms with E-state index in [2.05, 4.69) is 16.1 Å². The molecule has 0 radical (unpaired) electrons. The normalized spacial score (nSPS) is 21.8. The van der Waals surface area contributed by atoms with Crippen LogP contribution in [0.5, 0.6) is 0 Å². The first-order chi connectivity index (χ1) is 16.4. The van der Waals surface area contributed by atoms with Crippen molar-refractivity contribution in [2.45, 2.75) is 96.6 Å². The number of likely N-dealkylation sites (tertiary alicyclic amines) is 1. The fourth-order valence-electron chi connectivity index (χ4n) is 5.56. The molecule has 0 aromatic heterocycles. The van der Waals surface area contributed by atoms with Crippen molar-refractivity contribution in [1.29, 1.82) is 0 Å². The second-order valence-corrected chi connectivity index (χ2v) is 12.7. The third-order valence-electron chi connectivity index (χ3n) is 7.14. The lowest BCUT2D eigenvalue weighted by atomic mass is 9.95. The summed E-state index contributed by atoms with van der Waals surface area (Å²) in [7, 11) is -3.99. The van der Waals surface area contributed by atoms with Gasteiger partial charge in [0.15, 0.2) is 0 Å².